The van der Waals surface area contributed by atoms with Crippen LogP contribution in [0.15, 0.2) is 48.2 Å². The van der Waals surface area contributed by atoms with Crippen molar-refractivity contribution in [3.05, 3.63) is 64.4 Å². The van der Waals surface area contributed by atoms with E-state index in [9.17, 15) is 9.59 Å². The molecule has 24 heavy (non-hydrogen) atoms. The summed E-state index contributed by atoms with van der Waals surface area (Å²) in [4.78, 5) is 30.4. The number of nitrogens with one attached hydrogen (secondary N) is 1. The highest BCUT2D eigenvalue weighted by Gasteiger charge is 2.34. The van der Waals surface area contributed by atoms with Crippen molar-refractivity contribution in [2.75, 3.05) is 4.90 Å². The molecule has 0 unspecified atom stereocenters. The normalized spacial score (nSPS) is 16.5. The molecule has 3 rings (SSSR count). The van der Waals surface area contributed by atoms with Gasteiger partial charge in [-0.15, -0.1) is 0 Å². The van der Waals surface area contributed by atoms with Crippen molar-refractivity contribution in [1.29, 1.82) is 0 Å². The first kappa shape index (κ1) is 16.3. The number of benzene rings is 1. The van der Waals surface area contributed by atoms with Crippen molar-refractivity contribution in [1.82, 2.24) is 10.3 Å². The minimum absolute atomic E-state index is 0.0275. The van der Waals surface area contributed by atoms with Gasteiger partial charge in [-0.2, -0.15) is 0 Å². The fraction of sp³-hybridized carbons (Fsp3) is 0.0588. The van der Waals surface area contributed by atoms with Crippen molar-refractivity contribution < 1.29 is 9.59 Å². The largest absolute Gasteiger partial charge is 0.298 e. The molecule has 1 N–H and O–H groups in total. The zero-order valence-corrected chi connectivity index (χ0v) is 14.2. The molecule has 1 aromatic carbocycles. The summed E-state index contributed by atoms with van der Waals surface area (Å²) in [5, 5.41) is 3.10. The number of carbonyl (C=O) groups excluding carboxylic acids is 2. The average Bonchev–Trinajstić information content (AvgIpc) is 2.54. The van der Waals surface area contributed by atoms with Gasteiger partial charge in [-0.05, 0) is 61.1 Å². The second-order valence-electron chi connectivity index (χ2n) is 5.14. The summed E-state index contributed by atoms with van der Waals surface area (Å²) in [5.41, 5.74) is 1.91. The molecule has 1 aliphatic heterocycles. The summed E-state index contributed by atoms with van der Waals surface area (Å²) < 4.78 is 0. The zero-order valence-electron chi connectivity index (χ0n) is 12.6. The minimum Gasteiger partial charge on any atom is -0.298 e. The molecule has 0 saturated carbocycles. The summed E-state index contributed by atoms with van der Waals surface area (Å²) in [7, 11) is 0. The summed E-state index contributed by atoms with van der Waals surface area (Å²) in [6.07, 6.45) is 3.07. The number of hydrogen-bond acceptors (Lipinski definition) is 4. The number of rotatable bonds is 2. The van der Waals surface area contributed by atoms with Crippen molar-refractivity contribution in [2.45, 2.75) is 6.92 Å². The molecule has 5 nitrogen and oxygen atoms in total. The molecule has 7 heteroatoms. The lowest BCUT2D eigenvalue weighted by molar-refractivity contribution is -0.122. The number of aryl methyl sites for hydroxylation is 1. The van der Waals surface area contributed by atoms with Gasteiger partial charge >= 0.3 is 0 Å². The summed E-state index contributed by atoms with van der Waals surface area (Å²) in [6.45, 7) is 1.85. The SMILES string of the molecule is Cc1cccnc1C=C1C(=O)NC(=S)N(c2ccc(Cl)cc2)C1=O. The summed E-state index contributed by atoms with van der Waals surface area (Å²) in [6, 6.07) is 10.3. The maximum absolute atomic E-state index is 12.8. The highest BCUT2D eigenvalue weighted by molar-refractivity contribution is 7.80. The number of hydrogen-bond donors (Lipinski definition) is 1. The van der Waals surface area contributed by atoms with Crippen molar-refractivity contribution >= 4 is 52.5 Å². The number of anilines is 1. The van der Waals surface area contributed by atoms with E-state index in [0.717, 1.165) is 5.56 Å². The maximum atomic E-state index is 12.8. The Morgan fingerprint density at radius 2 is 1.92 bits per heavy atom. The molecule has 1 aliphatic rings. The van der Waals surface area contributed by atoms with Crippen LogP contribution < -0.4 is 10.2 Å². The van der Waals surface area contributed by atoms with E-state index in [-0.39, 0.29) is 10.7 Å². The van der Waals surface area contributed by atoms with Crippen molar-refractivity contribution in [2.24, 2.45) is 0 Å². The Labute approximate surface area is 148 Å². The van der Waals surface area contributed by atoms with Crippen molar-refractivity contribution in [3.63, 3.8) is 0 Å². The Kier molecular flexibility index (Phi) is 4.42. The van der Waals surface area contributed by atoms with Gasteiger partial charge < -0.3 is 0 Å². The summed E-state index contributed by atoms with van der Waals surface area (Å²) in [5.74, 6) is -1.05. The van der Waals surface area contributed by atoms with Crippen LogP contribution >= 0.6 is 23.8 Å². The number of aromatic nitrogens is 1. The Bertz CT molecular complexity index is 878. The average molecular weight is 358 g/mol. The molecule has 1 aromatic heterocycles. The van der Waals surface area contributed by atoms with E-state index >= 15 is 0 Å². The Balaban J connectivity index is 2.03. The van der Waals surface area contributed by atoms with E-state index in [2.05, 4.69) is 10.3 Å². The molecule has 2 heterocycles. The van der Waals surface area contributed by atoms with Crippen LogP contribution in [0.1, 0.15) is 11.3 Å². The van der Waals surface area contributed by atoms with Crippen LogP contribution in [0.2, 0.25) is 5.02 Å². The highest BCUT2D eigenvalue weighted by Crippen LogP contribution is 2.23. The third-order valence-corrected chi connectivity index (χ3v) is 4.05. The van der Waals surface area contributed by atoms with Crippen LogP contribution in [0.4, 0.5) is 5.69 Å². The number of pyridine rings is 1. The lowest BCUT2D eigenvalue weighted by Gasteiger charge is -2.28. The van der Waals surface area contributed by atoms with Crippen LogP contribution in [0.3, 0.4) is 0 Å². The predicted octanol–water partition coefficient (Wildman–Crippen LogP) is 2.87. The number of carbonyl (C=O) groups is 2. The smallest absolute Gasteiger partial charge is 0.270 e. The zero-order chi connectivity index (χ0) is 17.3. The fourth-order valence-corrected chi connectivity index (χ4v) is 2.67. The third-order valence-electron chi connectivity index (χ3n) is 3.52. The minimum atomic E-state index is -0.541. The first-order valence-electron chi connectivity index (χ1n) is 7.06. The van der Waals surface area contributed by atoms with Gasteiger partial charge in [-0.25, -0.2) is 0 Å². The molecule has 2 aromatic rings. The number of nitrogens with zero attached hydrogens (tertiary/aromatic N) is 2. The topological polar surface area (TPSA) is 62.3 Å². The molecule has 0 radical (unpaired) electrons. The molecule has 0 spiro atoms. The van der Waals surface area contributed by atoms with E-state index in [0.29, 0.717) is 16.4 Å². The van der Waals surface area contributed by atoms with Gasteiger partial charge in [0.05, 0.1) is 11.4 Å². The van der Waals surface area contributed by atoms with Gasteiger partial charge in [-0.3, -0.25) is 24.8 Å². The fourth-order valence-electron chi connectivity index (χ4n) is 2.27. The van der Waals surface area contributed by atoms with E-state index in [4.69, 9.17) is 23.8 Å². The Morgan fingerprint density at radius 3 is 2.58 bits per heavy atom. The van der Waals surface area contributed by atoms with Crippen LogP contribution in [0.25, 0.3) is 6.08 Å². The van der Waals surface area contributed by atoms with Gasteiger partial charge in [0.1, 0.15) is 5.57 Å². The van der Waals surface area contributed by atoms with Gasteiger partial charge in [0.15, 0.2) is 5.11 Å². The van der Waals surface area contributed by atoms with E-state index in [1.807, 2.05) is 13.0 Å². The van der Waals surface area contributed by atoms with Crippen LogP contribution in [0, 0.1) is 6.92 Å². The molecule has 120 valence electrons. The van der Waals surface area contributed by atoms with Crippen LogP contribution in [0.5, 0.6) is 0 Å². The number of thiocarbonyl (C=S) groups is 1. The van der Waals surface area contributed by atoms with Crippen LogP contribution in [-0.2, 0) is 9.59 Å². The standard InChI is InChI=1S/C17H12ClN3O2S/c1-10-3-2-8-19-14(10)9-13-15(22)20-17(24)21(16(13)23)12-6-4-11(18)5-7-12/h2-9H,1H3,(H,20,22,24). The monoisotopic (exact) mass is 357 g/mol. The van der Waals surface area contributed by atoms with Gasteiger partial charge in [0.25, 0.3) is 11.8 Å². The van der Waals surface area contributed by atoms with E-state index in [1.165, 1.54) is 11.0 Å². The quantitative estimate of drug-likeness (QED) is 0.510. The molecule has 0 aliphatic carbocycles. The molecule has 2 amide bonds. The lowest BCUT2D eigenvalue weighted by atomic mass is 10.1. The van der Waals surface area contributed by atoms with Gasteiger partial charge in [-0.1, -0.05) is 17.7 Å². The molecule has 0 bridgehead atoms. The molecular weight excluding hydrogens is 346 g/mol. The van der Waals surface area contributed by atoms with Gasteiger partial charge in [0, 0.05) is 11.2 Å². The van der Waals surface area contributed by atoms with Crippen LogP contribution in [-0.4, -0.2) is 21.9 Å². The molecule has 1 fully saturated rings. The summed E-state index contributed by atoms with van der Waals surface area (Å²) >= 11 is 11.0. The Hall–Kier alpha value is -2.57. The van der Waals surface area contributed by atoms with Gasteiger partial charge in [0.2, 0.25) is 0 Å². The third kappa shape index (κ3) is 3.06. The second-order valence-corrected chi connectivity index (χ2v) is 5.96. The van der Waals surface area contributed by atoms with Crippen molar-refractivity contribution in [3.8, 4) is 0 Å². The first-order chi connectivity index (χ1) is 11.5. The number of halogens is 1. The predicted molar refractivity (Wildman–Crippen MR) is 96.6 cm³/mol. The van der Waals surface area contributed by atoms with E-state index < -0.39 is 11.8 Å². The molecule has 1 saturated heterocycles. The van der Waals surface area contributed by atoms with E-state index in [1.54, 1.807) is 36.5 Å². The number of amides is 2. The molecule has 0 atom stereocenters. The lowest BCUT2D eigenvalue weighted by Crippen LogP contribution is -2.54. The second kappa shape index (κ2) is 6.51. The Morgan fingerprint density at radius 1 is 1.21 bits per heavy atom. The first-order valence-corrected chi connectivity index (χ1v) is 7.84. The maximum Gasteiger partial charge on any atom is 0.270 e. The molecular formula is C17H12ClN3O2S. The highest BCUT2D eigenvalue weighted by atomic mass is 35.5.